The van der Waals surface area contributed by atoms with Gasteiger partial charge in [0.1, 0.15) is 104 Å². The molecule has 0 saturated carbocycles. The fourth-order valence-corrected chi connectivity index (χ4v) is 8.42. The number of carboxylic acid groups (broad SMARTS) is 1. The Labute approximate surface area is 374 Å². The number of aliphatic carboxylic acids is 1. The fraction of sp³-hybridized carbons (Fsp3) is 0.919. The van der Waals surface area contributed by atoms with Crippen LogP contribution >= 0.6 is 0 Å². The Morgan fingerprint density at radius 3 is 1.73 bits per heavy atom. The highest BCUT2D eigenvalue weighted by Gasteiger charge is 2.61. The monoisotopic (exact) mass is 966 g/mol. The van der Waals surface area contributed by atoms with Gasteiger partial charge in [0, 0.05) is 20.3 Å². The van der Waals surface area contributed by atoms with E-state index in [0.29, 0.717) is 0 Å². The second-order valence-corrected chi connectivity index (χ2v) is 16.8. The van der Waals surface area contributed by atoms with E-state index in [9.17, 15) is 91.0 Å². The number of amides is 2. The zero-order chi connectivity index (χ0) is 49.3. The van der Waals surface area contributed by atoms with E-state index < -0.39 is 203 Å². The summed E-state index contributed by atoms with van der Waals surface area (Å²) in [6.07, 6.45) is -44.9. The summed E-state index contributed by atoms with van der Waals surface area (Å²) in [4.78, 5) is 37.9. The minimum Gasteiger partial charge on any atom is -0.477 e. The van der Waals surface area contributed by atoms with Crippen molar-refractivity contribution in [2.45, 2.75) is 193 Å². The van der Waals surface area contributed by atoms with Gasteiger partial charge in [0.2, 0.25) is 11.8 Å². The van der Waals surface area contributed by atoms with E-state index in [1.165, 1.54) is 13.8 Å². The standard InChI is InChI=1S/C37H62N2O27/c1-9-19(47)23(51)24(52)34(58-9)63-29-18(39-12(4)44)33(64-30-22(50)15(7-41)60-32(55)25(30)53)61-16(8-42)27(29)62-35-26(54)31(20(48)10(2)59-35)66-37(36(56)57)5-13(45)17(38-11(3)43)28(65-37)21(49)14(46)6-40/h9-10,13-35,40-42,45-55H,5-8H2,1-4H3,(H,38,43)(H,39,44)(H,56,57)/t9-,10+,13-,14+,15+,16+,17+,18+,19+,20-,21+,22-,23+,24-,25+,26+,27+,28+,29+,30-,31-,32+,33-,34-,35-,37-/m0/s1. The molecule has 2 amide bonds. The number of rotatable bonds is 16. The second kappa shape index (κ2) is 22.5. The SMILES string of the molecule is CC(=O)N[C@H]1[C@H](O[C@@H]2[C@@H](O)[C@H](O)O[C@H](CO)[C@@H]2O)O[C@H](CO)[C@@H](O[C@@H]2O[C@H](C)[C@H](O)[C@H](O[C@]3(C(=O)O)C[C@H](O)[C@@H](NC(C)=O)[C@H]([C@H](O)[C@H](O)CO)O3)[C@H]2O)[C@@H]1O[C@@H]1O[C@@H](C)[C@@H](O)[C@@H](O)[C@@H]1O. The number of carboxylic acids is 1. The Balaban J connectivity index is 1.53. The average molecular weight is 967 g/mol. The van der Waals surface area contributed by atoms with Crippen molar-refractivity contribution < 1.29 is 134 Å². The van der Waals surface area contributed by atoms with Gasteiger partial charge < -0.3 is 130 Å². The molecule has 5 rings (SSSR count). The second-order valence-electron chi connectivity index (χ2n) is 16.8. The molecule has 0 bridgehead atoms. The molecule has 5 saturated heterocycles. The Morgan fingerprint density at radius 2 is 1.17 bits per heavy atom. The van der Waals surface area contributed by atoms with Crippen LogP contribution in [-0.2, 0) is 57.0 Å². The Hall–Kier alpha value is -2.51. The molecule has 0 radical (unpaired) electrons. The molecule has 0 aromatic carbocycles. The summed E-state index contributed by atoms with van der Waals surface area (Å²) in [5.41, 5.74) is 0. The van der Waals surface area contributed by atoms with Crippen molar-refractivity contribution in [1.82, 2.24) is 10.6 Å². The van der Waals surface area contributed by atoms with E-state index in [1.54, 1.807) is 0 Å². The number of hydrogen-bond acceptors (Lipinski definition) is 26. The maximum absolute atomic E-state index is 13.0. The average Bonchev–Trinajstić information content (AvgIpc) is 3.26. The first-order chi connectivity index (χ1) is 30.9. The lowest BCUT2D eigenvalue weighted by atomic mass is 9.88. The van der Waals surface area contributed by atoms with Gasteiger partial charge in [0.05, 0.1) is 44.2 Å². The maximum atomic E-state index is 13.0. The Bertz CT molecular complexity index is 1620. The van der Waals surface area contributed by atoms with Gasteiger partial charge in [-0.3, -0.25) is 9.59 Å². The molecule has 66 heavy (non-hydrogen) atoms. The maximum Gasteiger partial charge on any atom is 0.364 e. The van der Waals surface area contributed by atoms with Crippen molar-refractivity contribution in [3.8, 4) is 0 Å². The molecule has 5 aliphatic heterocycles. The summed E-state index contributed by atoms with van der Waals surface area (Å²) in [6.45, 7) is 1.48. The lowest BCUT2D eigenvalue weighted by Crippen LogP contribution is -2.72. The lowest BCUT2D eigenvalue weighted by molar-refractivity contribution is -0.394. The summed E-state index contributed by atoms with van der Waals surface area (Å²) in [6, 6.07) is -3.38. The van der Waals surface area contributed by atoms with Gasteiger partial charge in [-0.05, 0) is 13.8 Å². The minimum absolute atomic E-state index is 0.791. The Morgan fingerprint density at radius 1 is 0.621 bits per heavy atom. The van der Waals surface area contributed by atoms with E-state index >= 15 is 0 Å². The van der Waals surface area contributed by atoms with Crippen LogP contribution < -0.4 is 10.6 Å². The fourth-order valence-electron chi connectivity index (χ4n) is 8.42. The van der Waals surface area contributed by atoms with Crippen LogP contribution in [0.5, 0.6) is 0 Å². The van der Waals surface area contributed by atoms with Gasteiger partial charge in [0.15, 0.2) is 25.2 Å². The predicted octanol–water partition coefficient (Wildman–Crippen LogP) is -10.4. The molecule has 17 N–H and O–H groups in total. The molecule has 0 aliphatic carbocycles. The highest BCUT2D eigenvalue weighted by Crippen LogP contribution is 2.40. The van der Waals surface area contributed by atoms with Crippen molar-refractivity contribution in [3.63, 3.8) is 0 Å². The molecule has 5 fully saturated rings. The Kier molecular flexibility index (Phi) is 18.6. The van der Waals surface area contributed by atoms with Crippen LogP contribution in [0.3, 0.4) is 0 Å². The van der Waals surface area contributed by atoms with Gasteiger partial charge in [-0.1, -0.05) is 0 Å². The molecule has 5 aliphatic rings. The highest BCUT2D eigenvalue weighted by molar-refractivity contribution is 5.76. The number of hydrogen-bond donors (Lipinski definition) is 17. The number of aliphatic hydroxyl groups is 14. The van der Waals surface area contributed by atoms with Crippen LogP contribution in [0.2, 0.25) is 0 Å². The minimum atomic E-state index is -3.11. The molecule has 5 heterocycles. The van der Waals surface area contributed by atoms with Crippen LogP contribution in [0.15, 0.2) is 0 Å². The predicted molar refractivity (Wildman–Crippen MR) is 204 cm³/mol. The first kappa shape index (κ1) is 54.4. The normalized spacial score (nSPS) is 47.6. The summed E-state index contributed by atoms with van der Waals surface area (Å²) in [7, 11) is 0. The number of aliphatic hydroxyl groups excluding tert-OH is 14. The molecule has 382 valence electrons. The van der Waals surface area contributed by atoms with Crippen LogP contribution in [0, 0.1) is 0 Å². The van der Waals surface area contributed by atoms with Crippen LogP contribution in [0.1, 0.15) is 34.1 Å². The van der Waals surface area contributed by atoms with Gasteiger partial charge >= 0.3 is 5.97 Å². The smallest absolute Gasteiger partial charge is 0.364 e. The molecule has 0 unspecified atom stereocenters. The lowest BCUT2D eigenvalue weighted by Gasteiger charge is -2.52. The molecule has 0 aromatic heterocycles. The molecule has 0 aromatic rings. The summed E-state index contributed by atoms with van der Waals surface area (Å²) >= 11 is 0. The summed E-state index contributed by atoms with van der Waals surface area (Å²) in [5.74, 6) is -6.78. The van der Waals surface area contributed by atoms with Crippen LogP contribution in [0.25, 0.3) is 0 Å². The highest BCUT2D eigenvalue weighted by atomic mass is 16.8. The number of carbonyl (C=O) groups is 3. The number of ether oxygens (including phenoxy) is 9. The molecule has 29 heteroatoms. The van der Waals surface area contributed by atoms with E-state index in [-0.39, 0.29) is 0 Å². The third-order valence-electron chi connectivity index (χ3n) is 12.0. The first-order valence-electron chi connectivity index (χ1n) is 20.9. The van der Waals surface area contributed by atoms with Crippen molar-refractivity contribution in [1.29, 1.82) is 0 Å². The zero-order valence-electron chi connectivity index (χ0n) is 35.9. The largest absolute Gasteiger partial charge is 0.477 e. The summed E-state index contributed by atoms with van der Waals surface area (Å²) in [5, 5.41) is 165. The molecular weight excluding hydrogens is 904 g/mol. The summed E-state index contributed by atoms with van der Waals surface area (Å²) < 4.78 is 52.0. The van der Waals surface area contributed by atoms with Gasteiger partial charge in [-0.15, -0.1) is 0 Å². The van der Waals surface area contributed by atoms with E-state index in [2.05, 4.69) is 10.6 Å². The quantitative estimate of drug-likeness (QED) is 0.0683. The van der Waals surface area contributed by atoms with Crippen molar-refractivity contribution in [3.05, 3.63) is 0 Å². The topological polar surface area (TPSA) is 462 Å². The third kappa shape index (κ3) is 11.4. The number of nitrogens with one attached hydrogen (secondary N) is 2. The van der Waals surface area contributed by atoms with Crippen molar-refractivity contribution in [2.24, 2.45) is 0 Å². The first-order valence-corrected chi connectivity index (χ1v) is 20.9. The zero-order valence-corrected chi connectivity index (χ0v) is 35.9. The molecular formula is C37H62N2O27. The number of carbonyl (C=O) groups excluding carboxylic acids is 2. The molecule has 0 spiro atoms. The molecule has 26 atom stereocenters. The van der Waals surface area contributed by atoms with Crippen LogP contribution in [0.4, 0.5) is 0 Å². The third-order valence-corrected chi connectivity index (χ3v) is 12.0. The van der Waals surface area contributed by atoms with E-state index in [4.69, 9.17) is 42.6 Å². The van der Waals surface area contributed by atoms with E-state index in [1.807, 2.05) is 0 Å². The van der Waals surface area contributed by atoms with E-state index in [0.717, 1.165) is 13.8 Å². The van der Waals surface area contributed by atoms with Gasteiger partial charge in [-0.2, -0.15) is 0 Å². The van der Waals surface area contributed by atoms with Crippen molar-refractivity contribution >= 4 is 17.8 Å². The van der Waals surface area contributed by atoms with Crippen LogP contribution in [-0.4, -0.2) is 273 Å². The van der Waals surface area contributed by atoms with Crippen molar-refractivity contribution in [2.75, 3.05) is 19.8 Å². The van der Waals surface area contributed by atoms with Gasteiger partial charge in [0.25, 0.3) is 5.79 Å². The van der Waals surface area contributed by atoms with Gasteiger partial charge in [-0.25, -0.2) is 4.79 Å². The molecule has 29 nitrogen and oxygen atoms in total.